The first-order valence-corrected chi connectivity index (χ1v) is 8.20. The SMILES string of the molecule is CCC1CCC(N(C)c2nc(Br)cn3ccnc23)CC1. The number of nitrogens with zero attached hydrogens (tertiary/aromatic N) is 4. The van der Waals surface area contributed by atoms with Crippen molar-refractivity contribution < 1.29 is 0 Å². The van der Waals surface area contributed by atoms with Crippen LogP contribution in [0.1, 0.15) is 39.0 Å². The maximum Gasteiger partial charge on any atom is 0.180 e. The van der Waals surface area contributed by atoms with Gasteiger partial charge in [-0.25, -0.2) is 9.97 Å². The third-order valence-corrected chi connectivity index (χ3v) is 4.98. The lowest BCUT2D eigenvalue weighted by Crippen LogP contribution is -2.36. The molecule has 0 aromatic carbocycles. The number of anilines is 1. The van der Waals surface area contributed by atoms with Gasteiger partial charge in [-0.1, -0.05) is 13.3 Å². The molecule has 0 aliphatic heterocycles. The van der Waals surface area contributed by atoms with E-state index in [0.29, 0.717) is 6.04 Å². The average molecular weight is 337 g/mol. The van der Waals surface area contributed by atoms with Crippen LogP contribution in [0.5, 0.6) is 0 Å². The maximum absolute atomic E-state index is 4.65. The fourth-order valence-corrected chi connectivity index (χ4v) is 3.62. The van der Waals surface area contributed by atoms with E-state index in [9.17, 15) is 0 Å². The van der Waals surface area contributed by atoms with Crippen LogP contribution in [-0.4, -0.2) is 27.5 Å². The van der Waals surface area contributed by atoms with E-state index in [0.717, 1.165) is 22.0 Å². The molecule has 0 radical (unpaired) electrons. The van der Waals surface area contributed by atoms with Crippen LogP contribution in [-0.2, 0) is 0 Å². The summed E-state index contributed by atoms with van der Waals surface area (Å²) in [6.45, 7) is 2.30. The minimum absolute atomic E-state index is 0.583. The Morgan fingerprint density at radius 2 is 2.10 bits per heavy atom. The summed E-state index contributed by atoms with van der Waals surface area (Å²) in [5, 5.41) is 0. The average Bonchev–Trinajstić information content (AvgIpc) is 2.94. The fraction of sp³-hybridized carbons (Fsp3) is 0.600. The van der Waals surface area contributed by atoms with E-state index in [1.807, 2.05) is 23.0 Å². The maximum atomic E-state index is 4.65. The van der Waals surface area contributed by atoms with E-state index in [-0.39, 0.29) is 0 Å². The molecule has 1 fully saturated rings. The van der Waals surface area contributed by atoms with Crippen molar-refractivity contribution in [1.82, 2.24) is 14.4 Å². The molecule has 1 aliphatic carbocycles. The molecule has 0 spiro atoms. The molecule has 108 valence electrons. The summed E-state index contributed by atoms with van der Waals surface area (Å²) >= 11 is 3.49. The Morgan fingerprint density at radius 3 is 2.80 bits per heavy atom. The fourth-order valence-electron chi connectivity index (χ4n) is 3.24. The smallest absolute Gasteiger partial charge is 0.180 e. The number of imidazole rings is 1. The second-order valence-electron chi connectivity index (χ2n) is 5.74. The van der Waals surface area contributed by atoms with Crippen molar-refractivity contribution in [1.29, 1.82) is 0 Å². The highest BCUT2D eigenvalue weighted by molar-refractivity contribution is 9.10. The second-order valence-corrected chi connectivity index (χ2v) is 6.55. The van der Waals surface area contributed by atoms with E-state index in [1.54, 1.807) is 0 Å². The van der Waals surface area contributed by atoms with Gasteiger partial charge in [0.1, 0.15) is 4.60 Å². The van der Waals surface area contributed by atoms with Crippen LogP contribution < -0.4 is 4.90 Å². The van der Waals surface area contributed by atoms with Crippen LogP contribution in [0, 0.1) is 5.92 Å². The van der Waals surface area contributed by atoms with Gasteiger partial charge in [0.2, 0.25) is 0 Å². The van der Waals surface area contributed by atoms with Gasteiger partial charge < -0.3 is 9.30 Å². The summed E-state index contributed by atoms with van der Waals surface area (Å²) in [7, 11) is 2.15. The molecule has 2 aromatic heterocycles. The van der Waals surface area contributed by atoms with Gasteiger partial charge in [0.05, 0.1) is 0 Å². The first kappa shape index (κ1) is 13.9. The van der Waals surface area contributed by atoms with E-state index in [2.05, 4.69) is 44.8 Å². The third kappa shape index (κ3) is 2.55. The van der Waals surface area contributed by atoms with Gasteiger partial charge in [0.15, 0.2) is 11.5 Å². The van der Waals surface area contributed by atoms with Gasteiger partial charge in [-0.15, -0.1) is 0 Å². The Hall–Kier alpha value is -1.10. The van der Waals surface area contributed by atoms with Gasteiger partial charge >= 0.3 is 0 Å². The number of hydrogen-bond acceptors (Lipinski definition) is 3. The molecule has 0 atom stereocenters. The first-order valence-electron chi connectivity index (χ1n) is 7.41. The van der Waals surface area contributed by atoms with Crippen molar-refractivity contribution in [3.05, 3.63) is 23.2 Å². The summed E-state index contributed by atoms with van der Waals surface area (Å²) < 4.78 is 2.88. The lowest BCUT2D eigenvalue weighted by atomic mass is 9.84. The van der Waals surface area contributed by atoms with Crippen LogP contribution in [0.15, 0.2) is 23.2 Å². The highest BCUT2D eigenvalue weighted by Gasteiger charge is 2.25. The molecule has 0 N–H and O–H groups in total. The molecule has 2 heterocycles. The molecule has 0 amide bonds. The van der Waals surface area contributed by atoms with Crippen molar-refractivity contribution >= 4 is 27.4 Å². The van der Waals surface area contributed by atoms with Crippen molar-refractivity contribution in [3.63, 3.8) is 0 Å². The number of aromatic nitrogens is 3. The van der Waals surface area contributed by atoms with Crippen LogP contribution in [0.25, 0.3) is 5.65 Å². The third-order valence-electron chi connectivity index (χ3n) is 4.60. The summed E-state index contributed by atoms with van der Waals surface area (Å²) in [6.07, 6.45) is 12.3. The van der Waals surface area contributed by atoms with Crippen LogP contribution >= 0.6 is 15.9 Å². The predicted molar refractivity (Wildman–Crippen MR) is 85.1 cm³/mol. The summed E-state index contributed by atoms with van der Waals surface area (Å²) in [6, 6.07) is 0.583. The predicted octanol–water partition coefficient (Wildman–Crippen LogP) is 3.90. The largest absolute Gasteiger partial charge is 0.354 e. The van der Waals surface area contributed by atoms with Crippen molar-refractivity contribution in [2.24, 2.45) is 5.92 Å². The Balaban J connectivity index is 1.85. The normalized spacial score (nSPS) is 23.1. The molecule has 0 bridgehead atoms. The van der Waals surface area contributed by atoms with E-state index < -0.39 is 0 Å². The lowest BCUT2D eigenvalue weighted by molar-refractivity contribution is 0.313. The molecule has 0 saturated heterocycles. The Morgan fingerprint density at radius 1 is 1.35 bits per heavy atom. The van der Waals surface area contributed by atoms with Crippen molar-refractivity contribution in [3.8, 4) is 0 Å². The van der Waals surface area contributed by atoms with E-state index >= 15 is 0 Å². The quantitative estimate of drug-likeness (QED) is 0.852. The molecular weight excluding hydrogens is 316 g/mol. The second kappa shape index (κ2) is 5.72. The molecule has 2 aromatic rings. The highest BCUT2D eigenvalue weighted by atomic mass is 79.9. The molecule has 4 nitrogen and oxygen atoms in total. The standard InChI is InChI=1S/C15H21BrN4/c1-3-11-4-6-12(7-5-11)19(2)15-14-17-8-9-20(14)10-13(16)18-15/h8-12H,3-7H2,1-2H3. The van der Waals surface area contributed by atoms with Crippen LogP contribution in [0.2, 0.25) is 0 Å². The number of halogens is 1. The molecule has 1 saturated carbocycles. The number of fused-ring (bicyclic) bond motifs is 1. The summed E-state index contributed by atoms with van der Waals surface area (Å²) in [4.78, 5) is 11.4. The zero-order valence-corrected chi connectivity index (χ0v) is 13.7. The topological polar surface area (TPSA) is 33.4 Å². The van der Waals surface area contributed by atoms with Crippen LogP contribution in [0.3, 0.4) is 0 Å². The highest BCUT2D eigenvalue weighted by Crippen LogP contribution is 2.32. The van der Waals surface area contributed by atoms with Crippen LogP contribution in [0.4, 0.5) is 5.82 Å². The van der Waals surface area contributed by atoms with E-state index in [4.69, 9.17) is 0 Å². The Kier molecular flexibility index (Phi) is 3.96. The summed E-state index contributed by atoms with van der Waals surface area (Å²) in [5.41, 5.74) is 0.938. The van der Waals surface area contributed by atoms with Crippen molar-refractivity contribution in [2.45, 2.75) is 45.1 Å². The molecule has 3 rings (SSSR count). The van der Waals surface area contributed by atoms with Gasteiger partial charge in [-0.05, 0) is 47.5 Å². The Labute approximate surface area is 128 Å². The van der Waals surface area contributed by atoms with E-state index in [1.165, 1.54) is 32.1 Å². The van der Waals surface area contributed by atoms with Crippen molar-refractivity contribution in [2.75, 3.05) is 11.9 Å². The minimum atomic E-state index is 0.583. The molecule has 20 heavy (non-hydrogen) atoms. The molecule has 1 aliphatic rings. The van der Waals surface area contributed by atoms with Gasteiger partial charge in [-0.2, -0.15) is 0 Å². The Bertz CT molecular complexity index is 587. The minimum Gasteiger partial charge on any atom is -0.354 e. The molecule has 0 unspecified atom stereocenters. The lowest BCUT2D eigenvalue weighted by Gasteiger charge is -2.35. The van der Waals surface area contributed by atoms with Gasteiger partial charge in [-0.3, -0.25) is 0 Å². The zero-order valence-electron chi connectivity index (χ0n) is 12.1. The molecule has 5 heteroatoms. The van der Waals surface area contributed by atoms with Gasteiger partial charge in [0.25, 0.3) is 0 Å². The van der Waals surface area contributed by atoms with Gasteiger partial charge in [0, 0.05) is 31.7 Å². The monoisotopic (exact) mass is 336 g/mol. The number of rotatable bonds is 3. The zero-order chi connectivity index (χ0) is 14.1. The number of hydrogen-bond donors (Lipinski definition) is 0. The summed E-state index contributed by atoms with van der Waals surface area (Å²) in [5.74, 6) is 1.89. The molecular formula is C15H21BrN4. The first-order chi connectivity index (χ1) is 9.69.